The van der Waals surface area contributed by atoms with Gasteiger partial charge in [0.1, 0.15) is 0 Å². The monoisotopic (exact) mass is 343 g/mol. The average molecular weight is 343 g/mol. The summed E-state index contributed by atoms with van der Waals surface area (Å²) in [5.41, 5.74) is 1.46. The highest BCUT2D eigenvalue weighted by Crippen LogP contribution is 2.40. The molecule has 1 aromatic heterocycles. The summed E-state index contributed by atoms with van der Waals surface area (Å²) in [4.78, 5) is 21.3. The summed E-state index contributed by atoms with van der Waals surface area (Å²) in [5.74, 6) is 1.03. The first-order chi connectivity index (χ1) is 12.2. The highest BCUT2D eigenvalue weighted by atomic mass is 16.5. The molecule has 1 atom stereocenters. The zero-order valence-corrected chi connectivity index (χ0v) is 15.0. The third kappa shape index (κ3) is 4.04. The molecule has 1 aromatic rings. The van der Waals surface area contributed by atoms with Gasteiger partial charge in [-0.3, -0.25) is 9.78 Å². The molecule has 1 spiro atoms. The van der Waals surface area contributed by atoms with Crippen LogP contribution in [0.2, 0.25) is 0 Å². The molecule has 3 fully saturated rings. The van der Waals surface area contributed by atoms with E-state index in [-0.39, 0.29) is 0 Å². The minimum atomic E-state index is 0.306. The quantitative estimate of drug-likeness (QED) is 0.842. The molecule has 1 unspecified atom stereocenters. The molecule has 4 heterocycles. The molecule has 3 saturated heterocycles. The van der Waals surface area contributed by atoms with Crippen molar-refractivity contribution >= 4 is 5.91 Å². The molecule has 0 bridgehead atoms. The number of amides is 1. The third-order valence-corrected chi connectivity index (χ3v) is 6.30. The highest BCUT2D eigenvalue weighted by Gasteiger charge is 2.41. The average Bonchev–Trinajstić information content (AvgIpc) is 3.15. The van der Waals surface area contributed by atoms with Crippen molar-refractivity contribution in [2.45, 2.75) is 38.6 Å². The van der Waals surface area contributed by atoms with Gasteiger partial charge in [-0.1, -0.05) is 6.07 Å². The molecule has 1 amide bonds. The maximum atomic E-state index is 12.4. The van der Waals surface area contributed by atoms with E-state index in [0.29, 0.717) is 24.3 Å². The van der Waals surface area contributed by atoms with Gasteiger partial charge in [-0.2, -0.15) is 0 Å². The molecule has 3 aliphatic heterocycles. The van der Waals surface area contributed by atoms with Crippen molar-refractivity contribution in [1.82, 2.24) is 14.8 Å². The zero-order chi connectivity index (χ0) is 17.1. The Hall–Kier alpha value is -1.46. The van der Waals surface area contributed by atoms with E-state index in [9.17, 15) is 4.79 Å². The molecule has 25 heavy (non-hydrogen) atoms. The molecule has 136 valence electrons. The summed E-state index contributed by atoms with van der Waals surface area (Å²) >= 11 is 0. The predicted octanol–water partition coefficient (Wildman–Crippen LogP) is 2.32. The van der Waals surface area contributed by atoms with Crippen LogP contribution in [0.3, 0.4) is 0 Å². The minimum absolute atomic E-state index is 0.306. The van der Waals surface area contributed by atoms with Crippen LogP contribution in [0, 0.1) is 11.3 Å². The first-order valence-electron chi connectivity index (χ1n) is 9.69. The van der Waals surface area contributed by atoms with Crippen LogP contribution in [0.25, 0.3) is 0 Å². The fraction of sp³-hybridized carbons (Fsp3) is 0.700. The number of ether oxygens (including phenoxy) is 1. The molecular formula is C20H29N3O2. The van der Waals surface area contributed by atoms with Gasteiger partial charge in [0.2, 0.25) is 5.91 Å². The summed E-state index contributed by atoms with van der Waals surface area (Å²) in [7, 11) is 0. The van der Waals surface area contributed by atoms with Gasteiger partial charge in [-0.05, 0) is 61.7 Å². The molecule has 0 aliphatic carbocycles. The molecule has 0 saturated carbocycles. The number of pyridine rings is 1. The Morgan fingerprint density at radius 2 is 2.16 bits per heavy atom. The maximum absolute atomic E-state index is 12.4. The number of carbonyl (C=O) groups is 1. The fourth-order valence-corrected chi connectivity index (χ4v) is 4.67. The van der Waals surface area contributed by atoms with Crippen LogP contribution in [0.5, 0.6) is 0 Å². The topological polar surface area (TPSA) is 45.7 Å². The molecule has 0 aromatic carbocycles. The van der Waals surface area contributed by atoms with E-state index >= 15 is 0 Å². The van der Waals surface area contributed by atoms with Crippen molar-refractivity contribution in [3.63, 3.8) is 0 Å². The van der Waals surface area contributed by atoms with Crippen molar-refractivity contribution in [2.24, 2.45) is 11.3 Å². The van der Waals surface area contributed by atoms with Crippen LogP contribution in [0.4, 0.5) is 0 Å². The summed E-state index contributed by atoms with van der Waals surface area (Å²) in [6.45, 7) is 7.03. The molecule has 3 aliphatic rings. The van der Waals surface area contributed by atoms with E-state index in [1.54, 1.807) is 6.20 Å². The van der Waals surface area contributed by atoms with Crippen LogP contribution >= 0.6 is 0 Å². The Kier molecular flexibility index (Phi) is 5.04. The summed E-state index contributed by atoms with van der Waals surface area (Å²) in [6, 6.07) is 4.01. The summed E-state index contributed by atoms with van der Waals surface area (Å²) in [6.07, 6.45) is 9.09. The van der Waals surface area contributed by atoms with Crippen LogP contribution in [0.15, 0.2) is 24.5 Å². The Morgan fingerprint density at radius 3 is 2.88 bits per heavy atom. The van der Waals surface area contributed by atoms with E-state index in [2.05, 4.69) is 20.9 Å². The lowest BCUT2D eigenvalue weighted by Gasteiger charge is -2.47. The van der Waals surface area contributed by atoms with E-state index < -0.39 is 0 Å². The lowest BCUT2D eigenvalue weighted by molar-refractivity contribution is -0.140. The van der Waals surface area contributed by atoms with Crippen LogP contribution in [0.1, 0.15) is 37.7 Å². The maximum Gasteiger partial charge on any atom is 0.222 e. The number of nitrogens with zero attached hydrogens (tertiary/aromatic N) is 3. The van der Waals surface area contributed by atoms with Gasteiger partial charge < -0.3 is 14.5 Å². The van der Waals surface area contributed by atoms with E-state index in [1.807, 2.05) is 12.3 Å². The van der Waals surface area contributed by atoms with Crippen molar-refractivity contribution < 1.29 is 9.53 Å². The van der Waals surface area contributed by atoms with Crippen LogP contribution in [-0.2, 0) is 16.1 Å². The Balaban J connectivity index is 1.33. The number of carbonyl (C=O) groups excluding carboxylic acids is 1. The largest absolute Gasteiger partial charge is 0.381 e. The second-order valence-electron chi connectivity index (χ2n) is 8.14. The molecule has 4 rings (SSSR count). The fourth-order valence-electron chi connectivity index (χ4n) is 4.67. The second kappa shape index (κ2) is 7.42. The zero-order valence-electron chi connectivity index (χ0n) is 15.0. The van der Waals surface area contributed by atoms with Crippen molar-refractivity contribution in [3.05, 3.63) is 30.1 Å². The molecule has 5 heteroatoms. The Labute approximate surface area is 150 Å². The van der Waals surface area contributed by atoms with Gasteiger partial charge in [0.15, 0.2) is 0 Å². The second-order valence-corrected chi connectivity index (χ2v) is 8.14. The number of likely N-dealkylation sites (tertiary alicyclic amines) is 2. The SMILES string of the molecule is O=C1CCC2(CCN(CC3CCOC3)CC2)CN1Cc1cccnc1. The van der Waals surface area contributed by atoms with E-state index in [4.69, 9.17) is 4.74 Å². The number of aromatic nitrogens is 1. The first kappa shape index (κ1) is 17.0. The highest BCUT2D eigenvalue weighted by molar-refractivity contribution is 5.77. The van der Waals surface area contributed by atoms with Crippen molar-refractivity contribution in [1.29, 1.82) is 0 Å². The van der Waals surface area contributed by atoms with Gasteiger partial charge in [-0.15, -0.1) is 0 Å². The van der Waals surface area contributed by atoms with Gasteiger partial charge in [0.25, 0.3) is 0 Å². The number of rotatable bonds is 4. The first-order valence-corrected chi connectivity index (χ1v) is 9.69. The van der Waals surface area contributed by atoms with Crippen molar-refractivity contribution in [2.75, 3.05) is 39.4 Å². The molecule has 0 N–H and O–H groups in total. The van der Waals surface area contributed by atoms with Crippen LogP contribution < -0.4 is 0 Å². The number of hydrogen-bond acceptors (Lipinski definition) is 4. The number of piperidine rings is 2. The normalized spacial score (nSPS) is 27.1. The smallest absolute Gasteiger partial charge is 0.222 e. The van der Waals surface area contributed by atoms with Crippen LogP contribution in [-0.4, -0.2) is 60.1 Å². The lowest BCUT2D eigenvalue weighted by atomic mass is 9.72. The standard InChI is InChI=1S/C20H29N3O2/c24-19-3-5-20(16-23(19)14-17-2-1-8-21-12-17)6-9-22(10-7-20)13-18-4-11-25-15-18/h1-2,8,12,18H,3-7,9-11,13-16H2. The molecule has 5 nitrogen and oxygen atoms in total. The Bertz CT molecular complexity index is 578. The summed E-state index contributed by atoms with van der Waals surface area (Å²) in [5, 5.41) is 0. The number of hydrogen-bond donors (Lipinski definition) is 0. The predicted molar refractivity (Wildman–Crippen MR) is 95.9 cm³/mol. The van der Waals surface area contributed by atoms with E-state index in [1.165, 1.54) is 38.9 Å². The van der Waals surface area contributed by atoms with Gasteiger partial charge in [0.05, 0.1) is 6.61 Å². The van der Waals surface area contributed by atoms with Gasteiger partial charge in [-0.25, -0.2) is 0 Å². The third-order valence-electron chi connectivity index (χ3n) is 6.30. The Morgan fingerprint density at radius 1 is 1.28 bits per heavy atom. The lowest BCUT2D eigenvalue weighted by Crippen LogP contribution is -2.51. The van der Waals surface area contributed by atoms with E-state index in [0.717, 1.165) is 37.7 Å². The van der Waals surface area contributed by atoms with Crippen molar-refractivity contribution in [3.8, 4) is 0 Å². The summed E-state index contributed by atoms with van der Waals surface area (Å²) < 4.78 is 5.51. The minimum Gasteiger partial charge on any atom is -0.381 e. The van der Waals surface area contributed by atoms with Gasteiger partial charge >= 0.3 is 0 Å². The van der Waals surface area contributed by atoms with Gasteiger partial charge in [0, 0.05) is 45.1 Å². The molecule has 0 radical (unpaired) electrons. The molecular weight excluding hydrogens is 314 g/mol.